The van der Waals surface area contributed by atoms with Crippen LogP contribution in [0.5, 0.6) is 0 Å². The summed E-state index contributed by atoms with van der Waals surface area (Å²) >= 11 is 5.78. The van der Waals surface area contributed by atoms with E-state index >= 15 is 0 Å². The van der Waals surface area contributed by atoms with E-state index in [1.54, 1.807) is 4.57 Å². The number of aromatic nitrogens is 3. The summed E-state index contributed by atoms with van der Waals surface area (Å²) in [6.45, 7) is 2.76. The Morgan fingerprint density at radius 1 is 1.12 bits per heavy atom. The Kier molecular flexibility index (Phi) is 6.73. The molecule has 0 spiro atoms. The second-order valence-corrected chi connectivity index (χ2v) is 8.41. The average molecular weight is 471 g/mol. The molecule has 2 heterocycles. The minimum atomic E-state index is -1.41. The number of aryl methyl sites for hydroxylation is 1. The molecule has 5 atom stereocenters. The number of hydrogen-bond acceptors (Lipinski definition) is 7. The summed E-state index contributed by atoms with van der Waals surface area (Å²) in [5.41, 5.74) is 2.67. The highest BCUT2D eigenvalue weighted by molar-refractivity contribution is 7.71. The normalized spacial score (nSPS) is 25.1. The molecule has 5 unspecified atom stereocenters. The molecular weight excluding hydrogens is 444 g/mol. The van der Waals surface area contributed by atoms with Crippen molar-refractivity contribution in [2.24, 2.45) is 0 Å². The molecule has 10 heteroatoms. The van der Waals surface area contributed by atoms with Crippen molar-refractivity contribution in [3.05, 3.63) is 64.9 Å². The van der Waals surface area contributed by atoms with E-state index in [2.05, 4.69) is 5.32 Å². The number of aliphatic hydroxyl groups is 3. The first-order valence-electron chi connectivity index (χ1n) is 10.6. The number of amides is 1. The maximum Gasteiger partial charge on any atom is 0.217 e. The second kappa shape index (κ2) is 9.54. The SMILES string of the molecule is CC(=O)NC1C(O)C(O)C(CO)OC1n1nc(-c2ccc(C)cc2)n(-c2ccccc2)c1=S. The van der Waals surface area contributed by atoms with Crippen LogP contribution in [-0.2, 0) is 9.53 Å². The second-order valence-electron chi connectivity index (χ2n) is 8.04. The molecule has 1 aliphatic rings. The van der Waals surface area contributed by atoms with Crippen molar-refractivity contribution in [1.82, 2.24) is 19.7 Å². The van der Waals surface area contributed by atoms with Crippen LogP contribution in [0.15, 0.2) is 54.6 Å². The van der Waals surface area contributed by atoms with E-state index in [0.29, 0.717) is 5.82 Å². The molecule has 4 rings (SSSR count). The van der Waals surface area contributed by atoms with Gasteiger partial charge in [-0.25, -0.2) is 4.68 Å². The minimum Gasteiger partial charge on any atom is -0.394 e. The van der Waals surface area contributed by atoms with Crippen LogP contribution in [-0.4, -0.2) is 66.5 Å². The van der Waals surface area contributed by atoms with Gasteiger partial charge >= 0.3 is 0 Å². The molecule has 2 aromatic carbocycles. The van der Waals surface area contributed by atoms with Crippen molar-refractivity contribution in [2.75, 3.05) is 6.61 Å². The fourth-order valence-corrected chi connectivity index (χ4v) is 4.28. The number of carbonyl (C=O) groups is 1. The first-order chi connectivity index (χ1) is 15.8. The van der Waals surface area contributed by atoms with Gasteiger partial charge in [0.2, 0.25) is 10.7 Å². The zero-order valence-corrected chi connectivity index (χ0v) is 19.0. The largest absolute Gasteiger partial charge is 0.394 e. The lowest BCUT2D eigenvalue weighted by atomic mass is 9.96. The highest BCUT2D eigenvalue weighted by Crippen LogP contribution is 2.31. The average Bonchev–Trinajstić information content (AvgIpc) is 3.15. The van der Waals surface area contributed by atoms with Crippen LogP contribution in [0.25, 0.3) is 17.1 Å². The number of benzene rings is 2. The highest BCUT2D eigenvalue weighted by atomic mass is 32.1. The van der Waals surface area contributed by atoms with Gasteiger partial charge in [-0.15, -0.1) is 5.10 Å². The van der Waals surface area contributed by atoms with E-state index in [0.717, 1.165) is 16.8 Å². The van der Waals surface area contributed by atoms with Crippen LogP contribution in [0.3, 0.4) is 0 Å². The van der Waals surface area contributed by atoms with E-state index in [1.165, 1.54) is 11.6 Å². The van der Waals surface area contributed by atoms with Gasteiger partial charge < -0.3 is 25.4 Å². The van der Waals surface area contributed by atoms with Crippen LogP contribution in [0.4, 0.5) is 0 Å². The van der Waals surface area contributed by atoms with Gasteiger partial charge in [0.1, 0.15) is 24.4 Å². The summed E-state index contributed by atoms with van der Waals surface area (Å²) < 4.78 is 9.34. The van der Waals surface area contributed by atoms with Gasteiger partial charge in [0.15, 0.2) is 12.1 Å². The van der Waals surface area contributed by atoms with Gasteiger partial charge in [0, 0.05) is 18.2 Å². The molecule has 1 fully saturated rings. The number of ether oxygens (including phenoxy) is 1. The van der Waals surface area contributed by atoms with E-state index < -0.39 is 43.1 Å². The highest BCUT2D eigenvalue weighted by Gasteiger charge is 2.46. The molecule has 0 bridgehead atoms. The molecule has 0 aliphatic carbocycles. The molecule has 3 aromatic rings. The number of nitrogens with zero attached hydrogens (tertiary/aromatic N) is 3. The maximum absolute atomic E-state index is 11.9. The zero-order chi connectivity index (χ0) is 23.7. The molecule has 0 saturated carbocycles. The van der Waals surface area contributed by atoms with Gasteiger partial charge in [-0.1, -0.05) is 48.0 Å². The zero-order valence-electron chi connectivity index (χ0n) is 18.2. The third-order valence-corrected chi connectivity index (χ3v) is 6.01. The fraction of sp³-hybridized carbons (Fsp3) is 0.348. The summed E-state index contributed by atoms with van der Waals surface area (Å²) in [6, 6.07) is 16.2. The molecular formula is C23H26N4O5S. The molecule has 9 nitrogen and oxygen atoms in total. The van der Waals surface area contributed by atoms with Gasteiger partial charge in [0.25, 0.3) is 0 Å². The van der Waals surface area contributed by atoms with E-state index in [4.69, 9.17) is 22.1 Å². The van der Waals surface area contributed by atoms with Gasteiger partial charge in [0.05, 0.1) is 6.61 Å². The number of aliphatic hydroxyl groups excluding tert-OH is 3. The van der Waals surface area contributed by atoms with Crippen molar-refractivity contribution < 1.29 is 24.9 Å². The molecule has 33 heavy (non-hydrogen) atoms. The predicted molar refractivity (Wildman–Crippen MR) is 123 cm³/mol. The fourth-order valence-electron chi connectivity index (χ4n) is 3.95. The summed E-state index contributed by atoms with van der Waals surface area (Å²) in [4.78, 5) is 11.9. The predicted octanol–water partition coefficient (Wildman–Crippen LogP) is 1.49. The topological polar surface area (TPSA) is 122 Å². The first-order valence-corrected chi connectivity index (χ1v) is 11.0. The van der Waals surface area contributed by atoms with Crippen LogP contribution < -0.4 is 5.32 Å². The lowest BCUT2D eigenvalue weighted by molar-refractivity contribution is -0.219. The number of rotatable bonds is 5. The Hall–Kier alpha value is -2.89. The summed E-state index contributed by atoms with van der Waals surface area (Å²) in [7, 11) is 0. The molecule has 174 valence electrons. The Bertz CT molecular complexity index is 1180. The third-order valence-electron chi connectivity index (χ3n) is 5.64. The summed E-state index contributed by atoms with van der Waals surface area (Å²) in [6.07, 6.45) is -4.95. The lowest BCUT2D eigenvalue weighted by Crippen LogP contribution is -2.62. The van der Waals surface area contributed by atoms with Crippen molar-refractivity contribution >= 4 is 18.1 Å². The van der Waals surface area contributed by atoms with Crippen LogP contribution in [0, 0.1) is 11.7 Å². The Balaban J connectivity index is 1.90. The minimum absolute atomic E-state index is 0.261. The maximum atomic E-state index is 11.9. The van der Waals surface area contributed by atoms with Crippen molar-refractivity contribution in [3.63, 3.8) is 0 Å². The molecule has 4 N–H and O–H groups in total. The molecule has 1 aromatic heterocycles. The van der Waals surface area contributed by atoms with Crippen molar-refractivity contribution in [2.45, 2.75) is 44.4 Å². The van der Waals surface area contributed by atoms with Crippen LogP contribution in [0.2, 0.25) is 0 Å². The number of para-hydroxylation sites is 1. The van der Waals surface area contributed by atoms with Gasteiger partial charge in [-0.3, -0.25) is 9.36 Å². The third kappa shape index (κ3) is 4.48. The summed E-state index contributed by atoms with van der Waals surface area (Å²) in [5.74, 6) is 0.118. The number of nitrogens with one attached hydrogen (secondary N) is 1. The van der Waals surface area contributed by atoms with Crippen molar-refractivity contribution in [1.29, 1.82) is 0 Å². The van der Waals surface area contributed by atoms with Gasteiger partial charge in [-0.2, -0.15) is 0 Å². The summed E-state index contributed by atoms with van der Waals surface area (Å²) in [5, 5.41) is 38.1. The molecule has 1 saturated heterocycles. The van der Waals surface area contributed by atoms with E-state index in [1.807, 2.05) is 61.5 Å². The van der Waals surface area contributed by atoms with E-state index in [-0.39, 0.29) is 4.77 Å². The lowest BCUT2D eigenvalue weighted by Gasteiger charge is -2.42. The molecule has 0 radical (unpaired) electrons. The van der Waals surface area contributed by atoms with Crippen molar-refractivity contribution in [3.8, 4) is 17.1 Å². The number of hydrogen-bond donors (Lipinski definition) is 4. The Morgan fingerprint density at radius 2 is 1.79 bits per heavy atom. The Labute approximate surface area is 195 Å². The smallest absolute Gasteiger partial charge is 0.217 e. The van der Waals surface area contributed by atoms with Crippen LogP contribution in [0.1, 0.15) is 18.7 Å². The number of carbonyl (C=O) groups excluding carboxylic acids is 1. The van der Waals surface area contributed by atoms with E-state index in [9.17, 15) is 20.1 Å². The Morgan fingerprint density at radius 3 is 2.39 bits per heavy atom. The quantitative estimate of drug-likeness (QED) is 0.417. The molecule has 1 aliphatic heterocycles. The van der Waals surface area contributed by atoms with Gasteiger partial charge in [-0.05, 0) is 31.3 Å². The first kappa shape index (κ1) is 23.3. The molecule has 1 amide bonds. The van der Waals surface area contributed by atoms with Crippen LogP contribution >= 0.6 is 12.2 Å². The standard InChI is InChI=1S/C23H26N4O5S/c1-13-8-10-15(11-9-13)21-25-27(23(33)26(21)16-6-4-3-5-7-16)22-18(24-14(2)29)20(31)19(30)17(12-28)32-22/h3-11,17-20,22,28,30-31H,12H2,1-2H3,(H,24,29). The monoisotopic (exact) mass is 470 g/mol.